The zero-order valence-corrected chi connectivity index (χ0v) is 16.7. The number of hydrogen-bond donors (Lipinski definition) is 0. The molecule has 0 unspecified atom stereocenters. The Kier molecular flexibility index (Phi) is 7.62. The molecule has 1 fully saturated rings. The lowest BCUT2D eigenvalue weighted by atomic mass is 10.1. The fraction of sp³-hybridized carbons (Fsp3) is 0.476. The van der Waals surface area contributed by atoms with Crippen molar-refractivity contribution in [3.05, 3.63) is 54.2 Å². The van der Waals surface area contributed by atoms with Crippen molar-refractivity contribution in [2.24, 2.45) is 0 Å². The third-order valence-corrected chi connectivity index (χ3v) is 5.96. The molecule has 1 aliphatic rings. The Morgan fingerprint density at radius 3 is 2.36 bits per heavy atom. The summed E-state index contributed by atoms with van der Waals surface area (Å²) >= 11 is 1.78. The number of benzene rings is 1. The Hall–Kier alpha value is -1.73. The number of unbranched alkanes of at least 4 members (excludes halogenated alkanes) is 2. The second-order valence-corrected chi connectivity index (χ2v) is 8.04. The van der Waals surface area contributed by atoms with Crippen LogP contribution in [0.25, 0.3) is 0 Å². The van der Waals surface area contributed by atoms with Crippen molar-refractivity contribution in [1.82, 2.24) is 9.88 Å². The van der Waals surface area contributed by atoms with E-state index in [0.717, 1.165) is 49.7 Å². The van der Waals surface area contributed by atoms with Gasteiger partial charge in [0.1, 0.15) is 0 Å². The maximum absolute atomic E-state index is 13.2. The molecule has 2 aromatic rings. The Morgan fingerprint density at radius 1 is 0.893 bits per heavy atom. The molecule has 152 valence electrons. The quantitative estimate of drug-likeness (QED) is 0.442. The fourth-order valence-electron chi connectivity index (χ4n) is 3.42. The average molecular weight is 410 g/mol. The number of para-hydroxylation sites is 1. The minimum atomic E-state index is -4.30. The molecule has 1 aromatic carbocycles. The van der Waals surface area contributed by atoms with Crippen LogP contribution in [-0.2, 0) is 6.18 Å². The van der Waals surface area contributed by atoms with Gasteiger partial charge < -0.3 is 4.90 Å². The molecule has 1 saturated heterocycles. The van der Waals surface area contributed by atoms with Crippen LogP contribution >= 0.6 is 11.8 Å². The molecule has 1 aliphatic heterocycles. The average Bonchev–Trinajstić information content (AvgIpc) is 2.71. The van der Waals surface area contributed by atoms with Crippen molar-refractivity contribution in [3.8, 4) is 0 Å². The molecule has 3 rings (SSSR count). The van der Waals surface area contributed by atoms with Gasteiger partial charge in [0.25, 0.3) is 0 Å². The summed E-state index contributed by atoms with van der Waals surface area (Å²) in [6, 6.07) is 11.8. The molecule has 0 bridgehead atoms. The number of aromatic nitrogens is 1. The summed E-state index contributed by atoms with van der Waals surface area (Å²) in [5.41, 5.74) is -0.227. The van der Waals surface area contributed by atoms with Crippen molar-refractivity contribution < 1.29 is 13.2 Å². The highest BCUT2D eigenvalue weighted by molar-refractivity contribution is 7.99. The summed E-state index contributed by atoms with van der Waals surface area (Å²) in [6.07, 6.45) is 0.954. The van der Waals surface area contributed by atoms with E-state index in [4.69, 9.17) is 0 Å². The van der Waals surface area contributed by atoms with Gasteiger partial charge in [-0.25, -0.2) is 4.98 Å². The van der Waals surface area contributed by atoms with Gasteiger partial charge in [-0.15, -0.1) is 11.8 Å². The smallest absolute Gasteiger partial charge is 0.368 e. The van der Waals surface area contributed by atoms with E-state index in [9.17, 15) is 13.2 Å². The fourth-order valence-corrected chi connectivity index (χ4v) is 4.29. The Labute approximate surface area is 168 Å². The first-order chi connectivity index (χ1) is 13.5. The Bertz CT molecular complexity index is 716. The number of rotatable bonds is 8. The van der Waals surface area contributed by atoms with Gasteiger partial charge in [-0.1, -0.05) is 24.6 Å². The van der Waals surface area contributed by atoms with Crippen molar-refractivity contribution in [2.75, 3.05) is 43.4 Å². The topological polar surface area (TPSA) is 19.4 Å². The highest BCUT2D eigenvalue weighted by Gasteiger charge is 2.35. The minimum Gasteiger partial charge on any atom is -0.368 e. The highest BCUT2D eigenvalue weighted by Crippen LogP contribution is 2.36. The van der Waals surface area contributed by atoms with E-state index in [1.165, 1.54) is 12.1 Å². The van der Waals surface area contributed by atoms with E-state index >= 15 is 0 Å². The summed E-state index contributed by atoms with van der Waals surface area (Å²) in [5.74, 6) is 1.07. The van der Waals surface area contributed by atoms with Crippen LogP contribution < -0.4 is 4.90 Å². The summed E-state index contributed by atoms with van der Waals surface area (Å²) in [6.45, 7) is 3.93. The van der Waals surface area contributed by atoms with Gasteiger partial charge >= 0.3 is 6.18 Å². The molecule has 3 nitrogen and oxygen atoms in total. The van der Waals surface area contributed by atoms with Crippen LogP contribution in [0, 0.1) is 0 Å². The molecule has 0 atom stereocenters. The van der Waals surface area contributed by atoms with E-state index in [0.29, 0.717) is 18.8 Å². The van der Waals surface area contributed by atoms with E-state index in [2.05, 4.69) is 9.88 Å². The summed E-state index contributed by atoms with van der Waals surface area (Å²) in [4.78, 5) is 8.53. The maximum atomic E-state index is 13.2. The molecule has 0 radical (unpaired) electrons. The lowest BCUT2D eigenvalue weighted by Crippen LogP contribution is -2.47. The maximum Gasteiger partial charge on any atom is 0.418 e. The number of thioether (sulfide) groups is 1. The first-order valence-electron chi connectivity index (χ1n) is 9.71. The van der Waals surface area contributed by atoms with E-state index < -0.39 is 11.7 Å². The molecular formula is C21H26F3N3S. The minimum absolute atomic E-state index is 0.307. The lowest BCUT2D eigenvalue weighted by molar-refractivity contribution is -0.137. The van der Waals surface area contributed by atoms with Crippen molar-refractivity contribution in [1.29, 1.82) is 0 Å². The van der Waals surface area contributed by atoms with Crippen molar-refractivity contribution in [2.45, 2.75) is 30.5 Å². The van der Waals surface area contributed by atoms with Crippen LogP contribution in [0.15, 0.2) is 53.7 Å². The van der Waals surface area contributed by atoms with E-state index in [-0.39, 0.29) is 0 Å². The molecule has 0 spiro atoms. The third kappa shape index (κ3) is 6.14. The van der Waals surface area contributed by atoms with Crippen molar-refractivity contribution >= 4 is 17.4 Å². The number of nitrogens with zero attached hydrogens (tertiary/aromatic N) is 3. The zero-order valence-electron chi connectivity index (χ0n) is 15.9. The molecule has 1 aromatic heterocycles. The largest absolute Gasteiger partial charge is 0.418 e. The molecule has 0 amide bonds. The normalized spacial score (nSPS) is 15.8. The monoisotopic (exact) mass is 409 g/mol. The second kappa shape index (κ2) is 10.2. The van der Waals surface area contributed by atoms with Gasteiger partial charge in [0, 0.05) is 38.1 Å². The zero-order chi connectivity index (χ0) is 19.8. The number of halogens is 3. The van der Waals surface area contributed by atoms with Crippen LogP contribution in [0.2, 0.25) is 0 Å². The first kappa shape index (κ1) is 21.0. The second-order valence-electron chi connectivity index (χ2n) is 6.92. The predicted molar refractivity (Wildman–Crippen MR) is 109 cm³/mol. The van der Waals surface area contributed by atoms with Gasteiger partial charge in [0.15, 0.2) is 0 Å². The van der Waals surface area contributed by atoms with Gasteiger partial charge in [0.05, 0.1) is 10.6 Å². The van der Waals surface area contributed by atoms with Gasteiger partial charge in [-0.3, -0.25) is 4.90 Å². The summed E-state index contributed by atoms with van der Waals surface area (Å²) in [5, 5.41) is 1.07. The van der Waals surface area contributed by atoms with Crippen LogP contribution in [0.1, 0.15) is 24.8 Å². The molecule has 2 heterocycles. The SMILES string of the molecule is FC(F)(F)c1ccccc1N1CCN(CCCCCSc2ccccn2)CC1. The number of pyridine rings is 1. The van der Waals surface area contributed by atoms with Crippen LogP contribution in [-0.4, -0.2) is 48.4 Å². The summed E-state index contributed by atoms with van der Waals surface area (Å²) in [7, 11) is 0. The predicted octanol–water partition coefficient (Wildman–Crippen LogP) is 5.19. The van der Waals surface area contributed by atoms with Crippen LogP contribution in [0.3, 0.4) is 0 Å². The standard InChI is InChI=1S/C21H26F3N3S/c22-21(23,24)18-8-2-3-9-19(18)27-15-13-26(14-16-27)12-6-1-7-17-28-20-10-4-5-11-25-20/h2-5,8-11H,1,6-7,12-17H2. The van der Waals surface area contributed by atoms with Gasteiger partial charge in [-0.2, -0.15) is 13.2 Å². The molecule has 7 heteroatoms. The van der Waals surface area contributed by atoms with Crippen molar-refractivity contribution in [3.63, 3.8) is 0 Å². The first-order valence-corrected chi connectivity index (χ1v) is 10.7. The molecular weight excluding hydrogens is 383 g/mol. The van der Waals surface area contributed by atoms with E-state index in [1.807, 2.05) is 29.3 Å². The number of piperazine rings is 1. The molecule has 0 saturated carbocycles. The number of alkyl halides is 3. The Balaban J connectivity index is 1.35. The lowest BCUT2D eigenvalue weighted by Gasteiger charge is -2.37. The van der Waals surface area contributed by atoms with Gasteiger partial charge in [-0.05, 0) is 49.4 Å². The third-order valence-electron chi connectivity index (χ3n) is 4.93. The van der Waals surface area contributed by atoms with Crippen LogP contribution in [0.4, 0.5) is 18.9 Å². The van der Waals surface area contributed by atoms with E-state index in [1.54, 1.807) is 23.9 Å². The molecule has 0 N–H and O–H groups in total. The Morgan fingerprint density at radius 2 is 1.64 bits per heavy atom. The van der Waals surface area contributed by atoms with Gasteiger partial charge in [0.2, 0.25) is 0 Å². The highest BCUT2D eigenvalue weighted by atomic mass is 32.2. The molecule has 28 heavy (non-hydrogen) atoms. The number of hydrogen-bond acceptors (Lipinski definition) is 4. The molecule has 0 aliphatic carbocycles. The van der Waals surface area contributed by atoms with Crippen LogP contribution in [0.5, 0.6) is 0 Å². The summed E-state index contributed by atoms with van der Waals surface area (Å²) < 4.78 is 39.6. The number of anilines is 1.